The highest BCUT2D eigenvalue weighted by Crippen LogP contribution is 2.30. The van der Waals surface area contributed by atoms with E-state index in [9.17, 15) is 23.2 Å². The van der Waals surface area contributed by atoms with Gasteiger partial charge in [0.05, 0.1) is 23.7 Å². The van der Waals surface area contributed by atoms with Gasteiger partial charge in [0.15, 0.2) is 5.82 Å². The summed E-state index contributed by atoms with van der Waals surface area (Å²) >= 11 is 3.50. The molecule has 1 aromatic heterocycles. The summed E-state index contributed by atoms with van der Waals surface area (Å²) < 4.78 is 37.9. The summed E-state index contributed by atoms with van der Waals surface area (Å²) in [5.74, 6) is -2.35. The van der Waals surface area contributed by atoms with Crippen molar-refractivity contribution in [2.24, 2.45) is 0 Å². The zero-order valence-corrected chi connectivity index (χ0v) is 25.7. The molecule has 2 aromatic rings. The van der Waals surface area contributed by atoms with E-state index in [4.69, 9.17) is 14.6 Å². The monoisotopic (exact) mass is 681 g/mol. The summed E-state index contributed by atoms with van der Waals surface area (Å²) in [5.41, 5.74) is 4.88. The van der Waals surface area contributed by atoms with E-state index < -0.39 is 12.1 Å². The maximum Gasteiger partial charge on any atom is 0.490 e. The van der Waals surface area contributed by atoms with Crippen LogP contribution in [-0.2, 0) is 16.1 Å². The number of carboxylic acid groups (broad SMARTS) is 1. The summed E-state index contributed by atoms with van der Waals surface area (Å²) in [6.07, 6.45) is 2.99. The number of hydrogen-bond donors (Lipinski definition) is 2. The smallest absolute Gasteiger partial charge is 0.475 e. The molecule has 3 aliphatic rings. The van der Waals surface area contributed by atoms with Gasteiger partial charge in [-0.15, -0.1) is 0 Å². The molecule has 1 amide bonds. The van der Waals surface area contributed by atoms with Gasteiger partial charge in [-0.1, -0.05) is 25.0 Å². The van der Waals surface area contributed by atoms with Gasteiger partial charge >= 0.3 is 12.1 Å². The minimum Gasteiger partial charge on any atom is -0.475 e. The Labute approximate surface area is 262 Å². The number of morpholine rings is 1. The van der Waals surface area contributed by atoms with Crippen molar-refractivity contribution in [2.75, 3.05) is 44.4 Å². The normalized spacial score (nSPS) is 18.6. The molecule has 1 aromatic carbocycles. The average molecular weight is 683 g/mol. The lowest BCUT2D eigenvalue weighted by atomic mass is 10.0. The number of benzene rings is 1. The Morgan fingerprint density at radius 2 is 1.70 bits per heavy atom. The van der Waals surface area contributed by atoms with Crippen LogP contribution in [0.2, 0.25) is 0 Å². The number of amides is 1. The number of ether oxygens (including phenoxy) is 1. The van der Waals surface area contributed by atoms with Gasteiger partial charge in [-0.25, -0.2) is 9.78 Å². The number of hydrazine groups is 1. The van der Waals surface area contributed by atoms with Gasteiger partial charge in [-0.05, 0) is 72.4 Å². The van der Waals surface area contributed by atoms with Crippen LogP contribution in [0.5, 0.6) is 0 Å². The maximum atomic E-state index is 13.2. The second-order valence-corrected chi connectivity index (χ2v) is 11.7. The molecule has 238 valence electrons. The van der Waals surface area contributed by atoms with Gasteiger partial charge in [0, 0.05) is 37.4 Å². The van der Waals surface area contributed by atoms with Gasteiger partial charge < -0.3 is 9.84 Å². The summed E-state index contributed by atoms with van der Waals surface area (Å²) in [7, 11) is 0. The van der Waals surface area contributed by atoms with E-state index in [0.29, 0.717) is 21.9 Å². The number of alkyl halides is 3. The molecule has 0 spiro atoms. The zero-order chi connectivity index (χ0) is 31.7. The van der Waals surface area contributed by atoms with Crippen LogP contribution in [0.3, 0.4) is 0 Å². The van der Waals surface area contributed by atoms with E-state index >= 15 is 0 Å². The standard InChI is InChI=1S/C27H34BrN7O2.C2HF3O2/c28-24-18-30-25(17-29)31-26(24)35(23-3-1-2-4-23)32-27(36)21-7-5-20(6-8-21)19-33-11-9-22(10-12-33)34-13-15-37-16-14-34;3-2(4,5)1(6)7/h5-8,18,22-23H,1-4,9-16,19H2,(H,32,36);(H,6,7). The average Bonchev–Trinajstić information content (AvgIpc) is 3.56. The highest BCUT2D eigenvalue weighted by molar-refractivity contribution is 9.10. The predicted molar refractivity (Wildman–Crippen MR) is 157 cm³/mol. The number of nitrogens with one attached hydrogen (secondary N) is 1. The second-order valence-electron chi connectivity index (χ2n) is 10.9. The first-order valence-electron chi connectivity index (χ1n) is 14.5. The van der Waals surface area contributed by atoms with E-state index in [0.717, 1.165) is 71.6 Å². The number of piperidine rings is 1. The molecule has 1 saturated carbocycles. The number of carboxylic acids is 1. The van der Waals surface area contributed by atoms with Gasteiger partial charge in [0.1, 0.15) is 6.07 Å². The number of likely N-dealkylation sites (tertiary alicyclic amines) is 1. The van der Waals surface area contributed by atoms with E-state index in [1.165, 1.54) is 18.4 Å². The van der Waals surface area contributed by atoms with Crippen LogP contribution in [0.15, 0.2) is 34.9 Å². The third-order valence-corrected chi connectivity index (χ3v) is 8.51. The third kappa shape index (κ3) is 9.34. The van der Waals surface area contributed by atoms with Gasteiger partial charge in [-0.3, -0.25) is 25.0 Å². The van der Waals surface area contributed by atoms with Crippen LogP contribution < -0.4 is 10.4 Å². The number of nitriles is 1. The fourth-order valence-corrected chi connectivity index (χ4v) is 6.02. The number of carbonyl (C=O) groups is 2. The molecule has 0 radical (unpaired) electrons. The Bertz CT molecular complexity index is 1310. The minimum absolute atomic E-state index is 0.0776. The van der Waals surface area contributed by atoms with Crippen molar-refractivity contribution in [3.8, 4) is 6.07 Å². The van der Waals surface area contributed by atoms with Crippen LogP contribution in [0.25, 0.3) is 0 Å². The van der Waals surface area contributed by atoms with E-state index in [-0.39, 0.29) is 17.8 Å². The largest absolute Gasteiger partial charge is 0.490 e. The van der Waals surface area contributed by atoms with Crippen LogP contribution >= 0.6 is 15.9 Å². The summed E-state index contributed by atoms with van der Waals surface area (Å²) in [5, 5.41) is 18.2. The van der Waals surface area contributed by atoms with Crippen LogP contribution in [0.1, 0.15) is 60.3 Å². The number of anilines is 1. The highest BCUT2D eigenvalue weighted by Gasteiger charge is 2.38. The van der Waals surface area contributed by atoms with Crippen LogP contribution in [-0.4, -0.2) is 94.4 Å². The van der Waals surface area contributed by atoms with Gasteiger partial charge in [0.25, 0.3) is 5.91 Å². The molecule has 3 fully saturated rings. The number of halogens is 4. The van der Waals surface area contributed by atoms with Crippen molar-refractivity contribution in [3.63, 3.8) is 0 Å². The summed E-state index contributed by atoms with van der Waals surface area (Å²) in [6, 6.07) is 10.7. The molecule has 2 saturated heterocycles. The van der Waals surface area contributed by atoms with Crippen LogP contribution in [0, 0.1) is 11.3 Å². The number of hydrogen-bond acceptors (Lipinski definition) is 9. The quantitative estimate of drug-likeness (QED) is 0.411. The molecule has 15 heteroatoms. The summed E-state index contributed by atoms with van der Waals surface area (Å²) in [4.78, 5) is 35.6. The SMILES string of the molecule is N#Cc1ncc(Br)c(N(NC(=O)c2ccc(CN3CCC(N4CCOCC4)CC3)cc2)C2CCCC2)n1.O=C(O)C(F)(F)F. The van der Waals surface area contributed by atoms with Crippen molar-refractivity contribution < 1.29 is 32.6 Å². The lowest BCUT2D eigenvalue weighted by Crippen LogP contribution is -2.49. The van der Waals surface area contributed by atoms with E-state index in [2.05, 4.69) is 53.3 Å². The zero-order valence-electron chi connectivity index (χ0n) is 24.1. The Balaban J connectivity index is 0.000000566. The van der Waals surface area contributed by atoms with Crippen molar-refractivity contribution in [2.45, 2.75) is 63.3 Å². The van der Waals surface area contributed by atoms with Gasteiger partial charge in [0.2, 0.25) is 5.82 Å². The molecule has 0 unspecified atom stereocenters. The first kappa shape index (κ1) is 33.6. The number of aromatic nitrogens is 2. The molecule has 0 atom stereocenters. The van der Waals surface area contributed by atoms with Crippen molar-refractivity contribution in [1.82, 2.24) is 25.2 Å². The first-order chi connectivity index (χ1) is 21.0. The molecule has 44 heavy (non-hydrogen) atoms. The van der Waals surface area contributed by atoms with Gasteiger partial charge in [-0.2, -0.15) is 23.4 Å². The number of carbonyl (C=O) groups excluding carboxylic acids is 1. The number of aliphatic carboxylic acids is 1. The topological polar surface area (TPSA) is 135 Å². The molecule has 0 bridgehead atoms. The molecular formula is C29H35BrF3N7O4. The first-order valence-corrected chi connectivity index (χ1v) is 15.3. The number of rotatable bonds is 7. The molecule has 11 nitrogen and oxygen atoms in total. The van der Waals surface area contributed by atoms with Crippen LogP contribution in [0.4, 0.5) is 19.0 Å². The maximum absolute atomic E-state index is 13.2. The molecule has 5 rings (SSSR count). The molecule has 3 heterocycles. The molecule has 2 aliphatic heterocycles. The Kier molecular flexibility index (Phi) is 11.9. The highest BCUT2D eigenvalue weighted by atomic mass is 79.9. The van der Waals surface area contributed by atoms with E-state index in [1.807, 2.05) is 23.2 Å². The molecular weight excluding hydrogens is 647 g/mol. The Hall–Kier alpha value is -3.32. The Morgan fingerprint density at radius 3 is 2.27 bits per heavy atom. The molecule has 2 N–H and O–H groups in total. The van der Waals surface area contributed by atoms with Crippen molar-refractivity contribution in [1.29, 1.82) is 5.26 Å². The van der Waals surface area contributed by atoms with E-state index in [1.54, 1.807) is 6.20 Å². The lowest BCUT2D eigenvalue weighted by Gasteiger charge is -2.40. The van der Waals surface area contributed by atoms with Crippen molar-refractivity contribution >= 4 is 33.6 Å². The Morgan fingerprint density at radius 1 is 1.09 bits per heavy atom. The van der Waals surface area contributed by atoms with Crippen molar-refractivity contribution in [3.05, 3.63) is 51.9 Å². The fraction of sp³-hybridized carbons (Fsp3) is 0.552. The predicted octanol–water partition coefficient (Wildman–Crippen LogP) is 4.13. The molecule has 1 aliphatic carbocycles. The second kappa shape index (κ2) is 15.6. The fourth-order valence-electron chi connectivity index (χ4n) is 5.64. The number of nitrogens with zero attached hydrogens (tertiary/aromatic N) is 6. The third-order valence-electron chi connectivity index (χ3n) is 7.95. The lowest BCUT2D eigenvalue weighted by molar-refractivity contribution is -0.192. The summed E-state index contributed by atoms with van der Waals surface area (Å²) in [6.45, 7) is 6.92. The minimum atomic E-state index is -5.08.